The zero-order chi connectivity index (χ0) is 20.9. The molecule has 0 spiro atoms. The van der Waals surface area contributed by atoms with Crippen LogP contribution >= 0.6 is 34.3 Å². The summed E-state index contributed by atoms with van der Waals surface area (Å²) in [6.45, 7) is 2.13. The molecule has 4 heterocycles. The van der Waals surface area contributed by atoms with Gasteiger partial charge in [-0.15, -0.1) is 22.7 Å². The van der Waals surface area contributed by atoms with E-state index in [-0.39, 0.29) is 19.0 Å². The van der Waals surface area contributed by atoms with Crippen molar-refractivity contribution in [3.05, 3.63) is 39.2 Å². The third-order valence-corrected chi connectivity index (χ3v) is 10.1. The molecule has 3 aromatic rings. The van der Waals surface area contributed by atoms with E-state index >= 15 is 0 Å². The average Bonchev–Trinajstić information content (AvgIpc) is 3.37. The lowest BCUT2D eigenvalue weighted by Gasteiger charge is -2.33. The Labute approximate surface area is 187 Å². The Morgan fingerprint density at radius 1 is 1.13 bits per heavy atom. The molecule has 2 aromatic heterocycles. The molecule has 0 atom stereocenters. The van der Waals surface area contributed by atoms with Gasteiger partial charge in [0, 0.05) is 47.3 Å². The van der Waals surface area contributed by atoms with Crippen LogP contribution in [0.1, 0.15) is 21.1 Å². The number of thiophene rings is 1. The number of hydrogen-bond donors (Lipinski definition) is 1. The number of nitrogens with zero attached hydrogens (tertiary/aromatic N) is 3. The molecule has 7 nitrogen and oxygen atoms in total. The summed E-state index contributed by atoms with van der Waals surface area (Å²) in [6.07, 6.45) is 1.99. The fourth-order valence-electron chi connectivity index (χ4n) is 3.71. The molecule has 1 amide bonds. The fourth-order valence-corrected chi connectivity index (χ4v) is 8.01. The molecule has 1 N–H and O–H groups in total. The molecular weight excluding hydrogens is 464 g/mol. The van der Waals surface area contributed by atoms with Crippen molar-refractivity contribution in [3.8, 4) is 0 Å². The van der Waals surface area contributed by atoms with Crippen molar-refractivity contribution in [3.63, 3.8) is 0 Å². The second-order valence-corrected chi connectivity index (χ2v) is 12.0. The minimum atomic E-state index is -3.60. The standard InChI is InChI=1S/C19H19ClN4O3S3/c20-13-4-3-12-10-16(28-15(12)11-13)30(26,27)24-8-6-23(7-9-24)19(25)18-22-17-14(29-18)2-1-5-21-17/h3-4,10-11,21H,1-2,5-9H2. The fraction of sp³-hybridized carbons (Fsp3) is 0.368. The van der Waals surface area contributed by atoms with E-state index in [4.69, 9.17) is 11.6 Å². The molecule has 11 heteroatoms. The van der Waals surface area contributed by atoms with E-state index in [9.17, 15) is 13.2 Å². The third-order valence-electron chi connectivity index (χ3n) is 5.33. The Morgan fingerprint density at radius 2 is 1.93 bits per heavy atom. The van der Waals surface area contributed by atoms with Gasteiger partial charge >= 0.3 is 0 Å². The highest BCUT2D eigenvalue weighted by Gasteiger charge is 2.33. The minimum Gasteiger partial charge on any atom is -0.369 e. The normalized spacial score (nSPS) is 17.7. The van der Waals surface area contributed by atoms with Crippen molar-refractivity contribution in [1.29, 1.82) is 0 Å². The number of fused-ring (bicyclic) bond motifs is 2. The lowest BCUT2D eigenvalue weighted by Crippen LogP contribution is -2.50. The Morgan fingerprint density at radius 3 is 2.70 bits per heavy atom. The zero-order valence-electron chi connectivity index (χ0n) is 15.9. The van der Waals surface area contributed by atoms with Crippen LogP contribution in [0.25, 0.3) is 10.1 Å². The van der Waals surface area contributed by atoms with Crippen molar-refractivity contribution < 1.29 is 13.2 Å². The summed E-state index contributed by atoms with van der Waals surface area (Å²) < 4.78 is 28.8. The molecule has 0 aliphatic carbocycles. The smallest absolute Gasteiger partial charge is 0.283 e. The number of sulfonamides is 1. The van der Waals surface area contributed by atoms with Crippen LogP contribution in [-0.4, -0.2) is 61.2 Å². The highest BCUT2D eigenvalue weighted by Crippen LogP contribution is 2.33. The molecule has 0 bridgehead atoms. The van der Waals surface area contributed by atoms with Crippen LogP contribution < -0.4 is 5.32 Å². The lowest BCUT2D eigenvalue weighted by atomic mass is 10.2. The monoisotopic (exact) mass is 482 g/mol. The van der Waals surface area contributed by atoms with Gasteiger partial charge in [-0.1, -0.05) is 17.7 Å². The van der Waals surface area contributed by atoms with E-state index in [2.05, 4.69) is 10.3 Å². The Balaban J connectivity index is 1.29. The van der Waals surface area contributed by atoms with Gasteiger partial charge < -0.3 is 10.2 Å². The maximum Gasteiger partial charge on any atom is 0.283 e. The summed E-state index contributed by atoms with van der Waals surface area (Å²) >= 11 is 8.68. The third kappa shape index (κ3) is 3.60. The molecule has 1 saturated heterocycles. The molecule has 0 unspecified atom stereocenters. The largest absolute Gasteiger partial charge is 0.369 e. The first-order valence-corrected chi connectivity index (χ1v) is 13.1. The van der Waals surface area contributed by atoms with Gasteiger partial charge in [0.25, 0.3) is 15.9 Å². The first-order chi connectivity index (χ1) is 14.4. The first kappa shape index (κ1) is 20.2. The zero-order valence-corrected chi connectivity index (χ0v) is 19.1. The highest BCUT2D eigenvalue weighted by molar-refractivity contribution is 7.91. The molecule has 5 rings (SSSR count). The number of aromatic nitrogens is 1. The van der Waals surface area contributed by atoms with Crippen molar-refractivity contribution in [1.82, 2.24) is 14.2 Å². The number of amides is 1. The van der Waals surface area contributed by atoms with Gasteiger partial charge in [0.05, 0.1) is 0 Å². The van der Waals surface area contributed by atoms with Gasteiger partial charge in [0.2, 0.25) is 0 Å². The number of anilines is 1. The number of halogens is 1. The van der Waals surface area contributed by atoms with Crippen LogP contribution in [0.2, 0.25) is 5.02 Å². The predicted molar refractivity (Wildman–Crippen MR) is 120 cm³/mol. The molecule has 1 fully saturated rings. The van der Waals surface area contributed by atoms with Gasteiger partial charge in [-0.25, -0.2) is 13.4 Å². The van der Waals surface area contributed by atoms with Crippen LogP contribution in [0, 0.1) is 0 Å². The van der Waals surface area contributed by atoms with Crippen molar-refractivity contribution in [2.45, 2.75) is 17.1 Å². The van der Waals surface area contributed by atoms with Crippen molar-refractivity contribution >= 4 is 66.1 Å². The maximum atomic E-state index is 13.1. The van der Waals surface area contributed by atoms with Crippen LogP contribution in [0.5, 0.6) is 0 Å². The summed E-state index contributed by atoms with van der Waals surface area (Å²) in [7, 11) is -3.60. The number of piperazine rings is 1. The SMILES string of the molecule is O=C(c1nc2c(s1)CCCN2)N1CCN(S(=O)(=O)c2cc3ccc(Cl)cc3s2)CC1. The molecule has 2 aliphatic heterocycles. The summed E-state index contributed by atoms with van der Waals surface area (Å²) in [4.78, 5) is 20.1. The maximum absolute atomic E-state index is 13.1. The van der Waals surface area contributed by atoms with Crippen molar-refractivity contribution in [2.24, 2.45) is 0 Å². The van der Waals surface area contributed by atoms with E-state index in [1.807, 2.05) is 6.07 Å². The Kier molecular flexibility index (Phi) is 5.22. The molecule has 158 valence electrons. The second-order valence-electron chi connectivity index (χ2n) is 7.27. The average molecular weight is 483 g/mol. The number of nitrogens with one attached hydrogen (secondary N) is 1. The Hall–Kier alpha value is -1.72. The summed E-state index contributed by atoms with van der Waals surface area (Å²) in [5.41, 5.74) is 0. The summed E-state index contributed by atoms with van der Waals surface area (Å²) in [5.74, 6) is 0.699. The number of aryl methyl sites for hydroxylation is 1. The van der Waals surface area contributed by atoms with Crippen LogP contribution in [-0.2, 0) is 16.4 Å². The number of benzene rings is 1. The summed E-state index contributed by atoms with van der Waals surface area (Å²) in [5, 5.41) is 5.16. The van der Waals surface area contributed by atoms with E-state index in [0.717, 1.165) is 40.2 Å². The quantitative estimate of drug-likeness (QED) is 0.617. The number of carbonyl (C=O) groups excluding carboxylic acids is 1. The predicted octanol–water partition coefficient (Wildman–Crippen LogP) is 3.52. The molecule has 2 aliphatic rings. The van der Waals surface area contributed by atoms with E-state index in [0.29, 0.717) is 27.3 Å². The van der Waals surface area contributed by atoms with Gasteiger partial charge in [0.1, 0.15) is 10.0 Å². The second kappa shape index (κ2) is 7.76. The van der Waals surface area contributed by atoms with Gasteiger partial charge in [-0.2, -0.15) is 4.31 Å². The molecule has 0 radical (unpaired) electrons. The lowest BCUT2D eigenvalue weighted by molar-refractivity contribution is 0.0697. The minimum absolute atomic E-state index is 0.121. The number of hydrogen-bond acceptors (Lipinski definition) is 7. The van der Waals surface area contributed by atoms with Crippen LogP contribution in [0.4, 0.5) is 5.82 Å². The van der Waals surface area contributed by atoms with Gasteiger partial charge in [-0.05, 0) is 36.4 Å². The van der Waals surface area contributed by atoms with Crippen LogP contribution in [0.3, 0.4) is 0 Å². The van der Waals surface area contributed by atoms with E-state index < -0.39 is 10.0 Å². The Bertz CT molecular complexity index is 1210. The molecular formula is C19H19ClN4O3S3. The highest BCUT2D eigenvalue weighted by atomic mass is 35.5. The topological polar surface area (TPSA) is 82.6 Å². The molecule has 0 saturated carbocycles. The van der Waals surface area contributed by atoms with Crippen LogP contribution in [0.15, 0.2) is 28.5 Å². The molecule has 1 aromatic carbocycles. The molecule has 30 heavy (non-hydrogen) atoms. The first-order valence-electron chi connectivity index (χ1n) is 9.64. The number of carbonyl (C=O) groups is 1. The van der Waals surface area contributed by atoms with Gasteiger partial charge in [0.15, 0.2) is 5.01 Å². The van der Waals surface area contributed by atoms with E-state index in [1.165, 1.54) is 27.0 Å². The number of rotatable bonds is 3. The van der Waals surface area contributed by atoms with Crippen molar-refractivity contribution in [2.75, 3.05) is 38.0 Å². The van der Waals surface area contributed by atoms with E-state index in [1.54, 1.807) is 23.1 Å². The van der Waals surface area contributed by atoms with Gasteiger partial charge in [-0.3, -0.25) is 4.79 Å². The number of thiazole rings is 1. The summed E-state index contributed by atoms with van der Waals surface area (Å²) in [6, 6.07) is 7.05.